The third-order valence-electron chi connectivity index (χ3n) is 3.98. The number of carbonyl (C=O) groups excluding carboxylic acids is 1. The Labute approximate surface area is 159 Å². The van der Waals surface area contributed by atoms with Crippen LogP contribution in [0.5, 0.6) is 0 Å². The van der Waals surface area contributed by atoms with Crippen molar-refractivity contribution in [3.63, 3.8) is 0 Å². The lowest BCUT2D eigenvalue weighted by Gasteiger charge is -2.06. The second-order valence-corrected chi connectivity index (χ2v) is 6.02. The van der Waals surface area contributed by atoms with Crippen molar-refractivity contribution < 1.29 is 13.7 Å². The number of benzene rings is 1. The first kappa shape index (κ1) is 17.5. The van der Waals surface area contributed by atoms with Crippen molar-refractivity contribution in [1.82, 2.24) is 24.7 Å². The van der Waals surface area contributed by atoms with Gasteiger partial charge < -0.3 is 14.4 Å². The van der Waals surface area contributed by atoms with E-state index < -0.39 is 0 Å². The molecule has 0 aliphatic carbocycles. The molecule has 1 amide bonds. The van der Waals surface area contributed by atoms with Gasteiger partial charge in [0.25, 0.3) is 5.89 Å². The van der Waals surface area contributed by atoms with E-state index in [0.717, 1.165) is 0 Å². The van der Waals surface area contributed by atoms with E-state index in [9.17, 15) is 9.18 Å². The Kier molecular flexibility index (Phi) is 4.63. The highest BCUT2D eigenvalue weighted by molar-refractivity contribution is 5.90. The van der Waals surface area contributed by atoms with Crippen LogP contribution in [0.4, 0.5) is 10.1 Å². The highest BCUT2D eigenvalue weighted by Crippen LogP contribution is 2.21. The van der Waals surface area contributed by atoms with E-state index in [2.05, 4.69) is 25.4 Å². The predicted octanol–water partition coefficient (Wildman–Crippen LogP) is 3.08. The van der Waals surface area contributed by atoms with Crippen molar-refractivity contribution >= 4 is 11.6 Å². The van der Waals surface area contributed by atoms with Crippen LogP contribution in [0.3, 0.4) is 0 Å². The summed E-state index contributed by atoms with van der Waals surface area (Å²) in [4.78, 5) is 25.0. The number of nitrogens with zero attached hydrogens (tertiary/aromatic N) is 5. The van der Waals surface area contributed by atoms with Gasteiger partial charge in [-0.25, -0.2) is 9.37 Å². The van der Waals surface area contributed by atoms with Crippen LogP contribution in [0.1, 0.15) is 5.82 Å². The maximum atomic E-state index is 12.9. The zero-order valence-electron chi connectivity index (χ0n) is 14.8. The van der Waals surface area contributed by atoms with Crippen LogP contribution < -0.4 is 5.32 Å². The smallest absolute Gasteiger partial charge is 0.259 e. The second-order valence-electron chi connectivity index (χ2n) is 6.02. The van der Waals surface area contributed by atoms with Gasteiger partial charge in [-0.15, -0.1) is 0 Å². The first-order valence-corrected chi connectivity index (χ1v) is 8.42. The fourth-order valence-corrected chi connectivity index (χ4v) is 2.60. The van der Waals surface area contributed by atoms with Gasteiger partial charge in [-0.2, -0.15) is 4.98 Å². The van der Waals surface area contributed by atoms with E-state index in [1.54, 1.807) is 36.1 Å². The molecular formula is C19H15FN6O2. The molecule has 0 saturated heterocycles. The van der Waals surface area contributed by atoms with E-state index >= 15 is 0 Å². The Balaban J connectivity index is 1.48. The molecule has 28 heavy (non-hydrogen) atoms. The Morgan fingerprint density at radius 1 is 1.21 bits per heavy atom. The summed E-state index contributed by atoms with van der Waals surface area (Å²) < 4.78 is 19.9. The lowest BCUT2D eigenvalue weighted by Crippen LogP contribution is -2.19. The summed E-state index contributed by atoms with van der Waals surface area (Å²) in [5, 5.41) is 6.66. The zero-order valence-corrected chi connectivity index (χ0v) is 14.8. The van der Waals surface area contributed by atoms with Gasteiger partial charge in [0.15, 0.2) is 0 Å². The number of carbonyl (C=O) groups is 1. The summed E-state index contributed by atoms with van der Waals surface area (Å²) in [5.74, 6) is 0.655. The van der Waals surface area contributed by atoms with Gasteiger partial charge in [0.1, 0.15) is 23.9 Å². The van der Waals surface area contributed by atoms with Crippen molar-refractivity contribution in [2.75, 3.05) is 5.32 Å². The Bertz CT molecular complexity index is 1110. The van der Waals surface area contributed by atoms with E-state index in [4.69, 9.17) is 4.52 Å². The van der Waals surface area contributed by atoms with E-state index in [0.29, 0.717) is 34.5 Å². The standard InChI is InChI=1S/C19H15FN6O2/c1-12-22-16(18-24-19(28-25-18)13-3-2-8-21-9-13)10-26(12)11-17(27)23-15-6-4-14(20)5-7-15/h2-10H,11H2,1H3,(H,23,27). The number of nitrogens with one attached hydrogen (secondary N) is 1. The van der Waals surface area contributed by atoms with Crippen LogP contribution in [0, 0.1) is 12.7 Å². The number of amides is 1. The summed E-state index contributed by atoms with van der Waals surface area (Å²) in [6.45, 7) is 1.82. The normalized spacial score (nSPS) is 10.8. The van der Waals surface area contributed by atoms with Crippen LogP contribution in [-0.2, 0) is 11.3 Å². The van der Waals surface area contributed by atoms with Gasteiger partial charge >= 0.3 is 0 Å². The molecule has 8 nitrogen and oxygen atoms in total. The van der Waals surface area contributed by atoms with Crippen molar-refractivity contribution in [3.8, 4) is 23.0 Å². The van der Waals surface area contributed by atoms with Crippen molar-refractivity contribution in [2.24, 2.45) is 0 Å². The molecule has 9 heteroatoms. The highest BCUT2D eigenvalue weighted by atomic mass is 19.1. The van der Waals surface area contributed by atoms with E-state index in [-0.39, 0.29) is 18.3 Å². The van der Waals surface area contributed by atoms with Crippen LogP contribution in [0.15, 0.2) is 59.5 Å². The molecule has 0 unspecified atom stereocenters. The van der Waals surface area contributed by atoms with Crippen molar-refractivity contribution in [3.05, 3.63) is 66.6 Å². The summed E-state index contributed by atoms with van der Waals surface area (Å²) in [5.41, 5.74) is 1.71. The minimum atomic E-state index is -0.362. The molecule has 4 rings (SSSR count). The van der Waals surface area contributed by atoms with Gasteiger partial charge in [-0.05, 0) is 43.3 Å². The van der Waals surface area contributed by atoms with Crippen molar-refractivity contribution in [1.29, 1.82) is 0 Å². The summed E-state index contributed by atoms with van der Waals surface area (Å²) >= 11 is 0. The number of aryl methyl sites for hydroxylation is 1. The van der Waals surface area contributed by atoms with Gasteiger partial charge in [-0.1, -0.05) is 5.16 Å². The molecule has 0 bridgehead atoms. The number of imidazole rings is 1. The van der Waals surface area contributed by atoms with Crippen LogP contribution >= 0.6 is 0 Å². The number of hydrogen-bond acceptors (Lipinski definition) is 6. The minimum Gasteiger partial charge on any atom is -0.333 e. The Morgan fingerprint density at radius 3 is 2.79 bits per heavy atom. The largest absolute Gasteiger partial charge is 0.333 e. The SMILES string of the molecule is Cc1nc(-c2noc(-c3cccnc3)n2)cn1CC(=O)Nc1ccc(F)cc1. The van der Waals surface area contributed by atoms with E-state index in [1.165, 1.54) is 24.3 Å². The number of hydrogen-bond donors (Lipinski definition) is 1. The third-order valence-corrected chi connectivity index (χ3v) is 3.98. The number of aromatic nitrogens is 5. The summed E-state index contributed by atoms with van der Waals surface area (Å²) in [6.07, 6.45) is 4.96. The van der Waals surface area contributed by atoms with Crippen molar-refractivity contribution in [2.45, 2.75) is 13.5 Å². The lowest BCUT2D eigenvalue weighted by molar-refractivity contribution is -0.116. The van der Waals surface area contributed by atoms with E-state index in [1.807, 2.05) is 6.07 Å². The Morgan fingerprint density at radius 2 is 2.04 bits per heavy atom. The quantitative estimate of drug-likeness (QED) is 0.573. The fraction of sp³-hybridized carbons (Fsp3) is 0.105. The molecule has 0 aliphatic rings. The first-order valence-electron chi connectivity index (χ1n) is 8.42. The van der Waals surface area contributed by atoms with Gasteiger partial charge in [0, 0.05) is 24.3 Å². The average Bonchev–Trinajstić information content (AvgIpc) is 3.32. The first-order chi connectivity index (χ1) is 13.6. The number of pyridine rings is 1. The average molecular weight is 378 g/mol. The molecule has 3 aromatic heterocycles. The zero-order chi connectivity index (χ0) is 19.5. The molecule has 1 aromatic carbocycles. The molecule has 0 aliphatic heterocycles. The van der Waals surface area contributed by atoms with Crippen LogP contribution in [0.25, 0.3) is 23.0 Å². The highest BCUT2D eigenvalue weighted by Gasteiger charge is 2.16. The number of rotatable bonds is 5. The summed E-state index contributed by atoms with van der Waals surface area (Å²) in [6, 6.07) is 9.15. The molecule has 0 radical (unpaired) electrons. The number of halogens is 1. The molecule has 3 heterocycles. The maximum absolute atomic E-state index is 12.9. The van der Waals surface area contributed by atoms with Gasteiger partial charge in [-0.3, -0.25) is 9.78 Å². The van der Waals surface area contributed by atoms with Gasteiger partial charge in [0.05, 0.1) is 5.56 Å². The van der Waals surface area contributed by atoms with Crippen LogP contribution in [-0.4, -0.2) is 30.6 Å². The topological polar surface area (TPSA) is 98.7 Å². The Hall–Kier alpha value is -3.88. The molecule has 140 valence electrons. The maximum Gasteiger partial charge on any atom is 0.259 e. The molecule has 0 atom stereocenters. The van der Waals surface area contributed by atoms with Crippen LogP contribution in [0.2, 0.25) is 0 Å². The second kappa shape index (κ2) is 7.39. The summed E-state index contributed by atoms with van der Waals surface area (Å²) in [7, 11) is 0. The molecular weight excluding hydrogens is 363 g/mol. The van der Waals surface area contributed by atoms with Gasteiger partial charge in [0.2, 0.25) is 11.7 Å². The predicted molar refractivity (Wildman–Crippen MR) is 98.5 cm³/mol. The molecule has 4 aromatic rings. The molecule has 0 saturated carbocycles. The third kappa shape index (κ3) is 3.78. The lowest BCUT2D eigenvalue weighted by atomic mass is 10.3. The monoisotopic (exact) mass is 378 g/mol. The number of anilines is 1. The fourth-order valence-electron chi connectivity index (χ4n) is 2.60. The molecule has 0 spiro atoms. The molecule has 0 fully saturated rings. The molecule has 1 N–H and O–H groups in total. The minimum absolute atomic E-state index is 0.0452.